The minimum atomic E-state index is -0.100. The largest absolute Gasteiger partial charge is 0.345 e. The first-order valence-electron chi connectivity index (χ1n) is 6.95. The van der Waals surface area contributed by atoms with E-state index >= 15 is 0 Å². The molecule has 2 aromatic carbocycles. The van der Waals surface area contributed by atoms with Gasteiger partial charge >= 0.3 is 0 Å². The highest BCUT2D eigenvalue weighted by Gasteiger charge is 2.08. The van der Waals surface area contributed by atoms with Gasteiger partial charge in [-0.05, 0) is 48.5 Å². The number of hydrogen-bond acceptors (Lipinski definition) is 3. The lowest BCUT2D eigenvalue weighted by Crippen LogP contribution is -2.21. The Bertz CT molecular complexity index is 685. The molecule has 0 saturated carbocycles. The van der Waals surface area contributed by atoms with Crippen molar-refractivity contribution in [3.05, 3.63) is 59.1 Å². The Morgan fingerprint density at radius 2 is 1.65 bits per heavy atom. The van der Waals surface area contributed by atoms with Crippen LogP contribution in [0.15, 0.2) is 53.4 Å². The summed E-state index contributed by atoms with van der Waals surface area (Å²) in [6.45, 7) is 0. The third-order valence-electron chi connectivity index (χ3n) is 3.01. The number of thioether (sulfide) groups is 1. The van der Waals surface area contributed by atoms with Gasteiger partial charge in [-0.25, -0.2) is 0 Å². The van der Waals surface area contributed by atoms with Crippen LogP contribution >= 0.6 is 23.4 Å². The van der Waals surface area contributed by atoms with Crippen LogP contribution in [0.1, 0.15) is 10.4 Å². The van der Waals surface area contributed by atoms with E-state index in [1.54, 1.807) is 50.5 Å². The zero-order chi connectivity index (χ0) is 16.8. The highest BCUT2D eigenvalue weighted by Crippen LogP contribution is 2.20. The van der Waals surface area contributed by atoms with Gasteiger partial charge in [0, 0.05) is 35.3 Å². The van der Waals surface area contributed by atoms with Gasteiger partial charge in [-0.2, -0.15) is 0 Å². The second-order valence-electron chi connectivity index (χ2n) is 5.07. The number of nitrogens with zero attached hydrogens (tertiary/aromatic N) is 1. The molecule has 0 aliphatic heterocycles. The van der Waals surface area contributed by atoms with E-state index in [1.807, 2.05) is 12.1 Å². The number of halogens is 1. The number of rotatable bonds is 5. The molecule has 0 aliphatic rings. The van der Waals surface area contributed by atoms with Crippen molar-refractivity contribution >= 4 is 40.9 Å². The van der Waals surface area contributed by atoms with Gasteiger partial charge in [0.15, 0.2) is 0 Å². The van der Waals surface area contributed by atoms with Gasteiger partial charge < -0.3 is 10.2 Å². The lowest BCUT2D eigenvalue weighted by Gasteiger charge is -2.11. The first kappa shape index (κ1) is 17.4. The van der Waals surface area contributed by atoms with E-state index in [0.717, 1.165) is 4.90 Å². The molecule has 0 spiro atoms. The van der Waals surface area contributed by atoms with Crippen molar-refractivity contribution in [3.8, 4) is 0 Å². The Morgan fingerprint density at radius 1 is 1.04 bits per heavy atom. The number of anilines is 1. The summed E-state index contributed by atoms with van der Waals surface area (Å²) in [6.07, 6.45) is 0. The fourth-order valence-corrected chi connectivity index (χ4v) is 2.66. The van der Waals surface area contributed by atoms with Crippen molar-refractivity contribution < 1.29 is 9.59 Å². The Labute approximate surface area is 144 Å². The zero-order valence-corrected chi connectivity index (χ0v) is 14.4. The van der Waals surface area contributed by atoms with Crippen LogP contribution in [0.2, 0.25) is 5.02 Å². The number of carbonyl (C=O) groups excluding carboxylic acids is 2. The minimum Gasteiger partial charge on any atom is -0.345 e. The molecule has 0 aliphatic carbocycles. The highest BCUT2D eigenvalue weighted by molar-refractivity contribution is 8.00. The Balaban J connectivity index is 1.87. The zero-order valence-electron chi connectivity index (χ0n) is 12.9. The fourth-order valence-electron chi connectivity index (χ4n) is 1.83. The van der Waals surface area contributed by atoms with Gasteiger partial charge in [-0.15, -0.1) is 11.8 Å². The molecule has 0 heterocycles. The Hall–Kier alpha value is -1.98. The van der Waals surface area contributed by atoms with Gasteiger partial charge in [-0.3, -0.25) is 9.59 Å². The van der Waals surface area contributed by atoms with Crippen molar-refractivity contribution in [1.29, 1.82) is 0 Å². The quantitative estimate of drug-likeness (QED) is 0.837. The molecule has 0 saturated heterocycles. The molecule has 1 N–H and O–H groups in total. The van der Waals surface area contributed by atoms with Crippen molar-refractivity contribution in [2.75, 3.05) is 25.2 Å². The van der Waals surface area contributed by atoms with Crippen LogP contribution in [0.5, 0.6) is 0 Å². The van der Waals surface area contributed by atoms with Crippen LogP contribution in [0.4, 0.5) is 5.69 Å². The molecule has 6 heteroatoms. The van der Waals surface area contributed by atoms with Crippen LogP contribution in [-0.2, 0) is 4.79 Å². The van der Waals surface area contributed by atoms with Crippen LogP contribution in [0, 0.1) is 0 Å². The number of nitrogens with one attached hydrogen (secondary N) is 1. The van der Waals surface area contributed by atoms with Crippen molar-refractivity contribution in [1.82, 2.24) is 4.90 Å². The molecule has 0 fully saturated rings. The standard InChI is InChI=1S/C17H17ClN2O2S/c1-20(2)17(22)12-3-7-14(8-4-12)19-16(21)11-23-15-9-5-13(18)6-10-15/h3-10H,11H2,1-2H3,(H,19,21). The van der Waals surface area contributed by atoms with Crippen LogP contribution < -0.4 is 5.32 Å². The molecule has 4 nitrogen and oxygen atoms in total. The normalized spacial score (nSPS) is 10.2. The number of hydrogen-bond donors (Lipinski definition) is 1. The predicted molar refractivity (Wildman–Crippen MR) is 95.3 cm³/mol. The van der Waals surface area contributed by atoms with E-state index in [0.29, 0.717) is 22.0 Å². The van der Waals surface area contributed by atoms with Gasteiger partial charge in [0.05, 0.1) is 5.75 Å². The maximum atomic E-state index is 11.9. The summed E-state index contributed by atoms with van der Waals surface area (Å²) in [5, 5.41) is 3.48. The number of benzene rings is 2. The molecule has 0 radical (unpaired) electrons. The Kier molecular flexibility index (Phi) is 6.07. The van der Waals surface area contributed by atoms with Gasteiger partial charge in [0.25, 0.3) is 5.91 Å². The third-order valence-corrected chi connectivity index (χ3v) is 4.27. The lowest BCUT2D eigenvalue weighted by atomic mass is 10.2. The smallest absolute Gasteiger partial charge is 0.253 e. The van der Waals surface area contributed by atoms with E-state index in [1.165, 1.54) is 16.7 Å². The van der Waals surface area contributed by atoms with E-state index in [-0.39, 0.29) is 11.8 Å². The van der Waals surface area contributed by atoms with Crippen LogP contribution in [0.25, 0.3) is 0 Å². The molecule has 0 atom stereocenters. The molecular weight excluding hydrogens is 332 g/mol. The van der Waals surface area contributed by atoms with Crippen LogP contribution in [-0.4, -0.2) is 36.6 Å². The van der Waals surface area contributed by atoms with Crippen molar-refractivity contribution in [2.45, 2.75) is 4.90 Å². The first-order chi connectivity index (χ1) is 11.0. The van der Waals surface area contributed by atoms with Crippen molar-refractivity contribution in [3.63, 3.8) is 0 Å². The van der Waals surface area contributed by atoms with Crippen LogP contribution in [0.3, 0.4) is 0 Å². The second-order valence-corrected chi connectivity index (χ2v) is 6.55. The lowest BCUT2D eigenvalue weighted by molar-refractivity contribution is -0.113. The first-order valence-corrected chi connectivity index (χ1v) is 8.32. The second kappa shape index (κ2) is 8.04. The summed E-state index contributed by atoms with van der Waals surface area (Å²) in [6, 6.07) is 14.2. The highest BCUT2D eigenvalue weighted by atomic mass is 35.5. The van der Waals surface area contributed by atoms with Crippen molar-refractivity contribution in [2.24, 2.45) is 0 Å². The maximum Gasteiger partial charge on any atom is 0.253 e. The summed E-state index contributed by atoms with van der Waals surface area (Å²) in [7, 11) is 3.40. The summed E-state index contributed by atoms with van der Waals surface area (Å²) in [5.41, 5.74) is 1.26. The van der Waals surface area contributed by atoms with Gasteiger partial charge in [0.1, 0.15) is 0 Å². The molecule has 0 aromatic heterocycles. The number of amides is 2. The average molecular weight is 349 g/mol. The fraction of sp³-hybridized carbons (Fsp3) is 0.176. The number of carbonyl (C=O) groups is 2. The van der Waals surface area contributed by atoms with E-state index in [4.69, 9.17) is 11.6 Å². The van der Waals surface area contributed by atoms with Gasteiger partial charge in [0.2, 0.25) is 5.91 Å². The summed E-state index contributed by atoms with van der Waals surface area (Å²) >= 11 is 7.26. The minimum absolute atomic E-state index is 0.0684. The average Bonchev–Trinajstić information content (AvgIpc) is 2.54. The van der Waals surface area contributed by atoms with E-state index in [2.05, 4.69) is 5.32 Å². The molecule has 0 bridgehead atoms. The Morgan fingerprint density at radius 3 is 2.22 bits per heavy atom. The topological polar surface area (TPSA) is 49.4 Å². The monoisotopic (exact) mass is 348 g/mol. The third kappa shape index (κ3) is 5.30. The molecule has 2 aromatic rings. The SMILES string of the molecule is CN(C)C(=O)c1ccc(NC(=O)CSc2ccc(Cl)cc2)cc1. The van der Waals surface area contributed by atoms with E-state index < -0.39 is 0 Å². The molecule has 2 amide bonds. The molecular formula is C17H17ClN2O2S. The van der Waals surface area contributed by atoms with E-state index in [9.17, 15) is 9.59 Å². The molecule has 23 heavy (non-hydrogen) atoms. The van der Waals surface area contributed by atoms with Gasteiger partial charge in [-0.1, -0.05) is 11.6 Å². The molecule has 2 rings (SSSR count). The predicted octanol–water partition coefficient (Wildman–Crippen LogP) is 3.77. The summed E-state index contributed by atoms with van der Waals surface area (Å²) in [4.78, 5) is 26.2. The summed E-state index contributed by atoms with van der Waals surface area (Å²) < 4.78 is 0. The molecule has 120 valence electrons. The molecule has 0 unspecified atom stereocenters. The summed E-state index contributed by atoms with van der Waals surface area (Å²) in [5.74, 6) is 0.137. The maximum absolute atomic E-state index is 11.9.